The zero-order valence-electron chi connectivity index (χ0n) is 10.5. The molecule has 0 saturated carbocycles. The van der Waals surface area contributed by atoms with Crippen LogP contribution in [0.3, 0.4) is 0 Å². The summed E-state index contributed by atoms with van der Waals surface area (Å²) in [5, 5.41) is 9.03. The minimum Gasteiger partial charge on any atom is -0.381 e. The molecule has 1 saturated heterocycles. The van der Waals surface area contributed by atoms with Crippen molar-refractivity contribution < 1.29 is 9.26 Å². The largest absolute Gasteiger partial charge is 0.381 e. The van der Waals surface area contributed by atoms with Crippen LogP contribution in [0.25, 0.3) is 21.5 Å². The summed E-state index contributed by atoms with van der Waals surface area (Å²) >= 11 is 3.27. The second kappa shape index (κ2) is 5.08. The topological polar surface area (TPSA) is 61.0 Å². The van der Waals surface area contributed by atoms with E-state index in [1.54, 1.807) is 22.7 Å². The molecule has 0 aromatic carbocycles. The van der Waals surface area contributed by atoms with E-state index in [1.807, 2.05) is 16.8 Å². The van der Waals surface area contributed by atoms with Crippen molar-refractivity contribution in [2.45, 2.75) is 12.3 Å². The van der Waals surface area contributed by atoms with E-state index in [2.05, 4.69) is 21.2 Å². The molecule has 4 rings (SSSR count). The lowest BCUT2D eigenvalue weighted by Gasteiger charge is -1.97. The first-order chi connectivity index (χ1) is 9.90. The van der Waals surface area contributed by atoms with E-state index in [-0.39, 0.29) is 5.92 Å². The molecule has 4 heterocycles. The Morgan fingerprint density at radius 1 is 1.25 bits per heavy atom. The molecule has 3 aromatic heterocycles. The maximum Gasteiger partial charge on any atom is 0.277 e. The van der Waals surface area contributed by atoms with Gasteiger partial charge in [-0.2, -0.15) is 4.98 Å². The fourth-order valence-electron chi connectivity index (χ4n) is 2.13. The highest BCUT2D eigenvalue weighted by Crippen LogP contribution is 2.31. The second-order valence-electron chi connectivity index (χ2n) is 4.53. The molecule has 20 heavy (non-hydrogen) atoms. The number of nitrogens with zero attached hydrogens (tertiary/aromatic N) is 3. The van der Waals surface area contributed by atoms with Gasteiger partial charge in [-0.1, -0.05) is 11.2 Å². The van der Waals surface area contributed by atoms with Gasteiger partial charge in [-0.05, 0) is 17.9 Å². The van der Waals surface area contributed by atoms with Gasteiger partial charge in [0.15, 0.2) is 5.82 Å². The number of ether oxygens (including phenoxy) is 1. The lowest BCUT2D eigenvalue weighted by Crippen LogP contribution is -1.99. The fraction of sp³-hybridized carbons (Fsp3) is 0.308. The van der Waals surface area contributed by atoms with Crippen LogP contribution in [0, 0.1) is 0 Å². The summed E-state index contributed by atoms with van der Waals surface area (Å²) in [6.07, 6.45) is 0.955. The number of hydrogen-bond donors (Lipinski definition) is 0. The van der Waals surface area contributed by atoms with Gasteiger partial charge in [-0.15, -0.1) is 22.7 Å². The number of aromatic nitrogens is 3. The highest BCUT2D eigenvalue weighted by atomic mass is 32.1. The predicted octanol–water partition coefficient (Wildman–Crippen LogP) is 3.43. The molecule has 1 unspecified atom stereocenters. The smallest absolute Gasteiger partial charge is 0.277 e. The lowest BCUT2D eigenvalue weighted by atomic mass is 10.1. The van der Waals surface area contributed by atoms with Crippen LogP contribution in [-0.4, -0.2) is 28.3 Å². The van der Waals surface area contributed by atoms with Crippen LogP contribution in [0.15, 0.2) is 27.4 Å². The summed E-state index contributed by atoms with van der Waals surface area (Å²) in [5.74, 6) is 1.47. The Labute approximate surface area is 123 Å². The van der Waals surface area contributed by atoms with E-state index < -0.39 is 0 Å². The summed E-state index contributed by atoms with van der Waals surface area (Å²) in [6, 6.07) is 4.08. The van der Waals surface area contributed by atoms with Crippen molar-refractivity contribution in [2.24, 2.45) is 0 Å². The lowest BCUT2D eigenvalue weighted by molar-refractivity contribution is 0.192. The Kier molecular flexibility index (Phi) is 3.10. The van der Waals surface area contributed by atoms with E-state index in [9.17, 15) is 0 Å². The number of rotatable bonds is 3. The molecule has 0 spiro atoms. The normalized spacial score (nSPS) is 18.7. The average Bonchev–Trinajstić information content (AvgIpc) is 3.22. The molecule has 1 aliphatic rings. The fourth-order valence-corrected chi connectivity index (χ4v) is 3.74. The molecule has 0 radical (unpaired) electrons. The molecular formula is C13H11N3O2S2. The minimum absolute atomic E-state index is 0.253. The van der Waals surface area contributed by atoms with E-state index in [1.165, 1.54) is 0 Å². The Hall–Kier alpha value is -1.57. The average molecular weight is 305 g/mol. The SMILES string of the molecule is c1csc(-c2nc(-c3nc(C4CCOC4)no3)cs2)c1. The molecule has 102 valence electrons. The van der Waals surface area contributed by atoms with Gasteiger partial charge in [-0.25, -0.2) is 4.98 Å². The van der Waals surface area contributed by atoms with Crippen molar-refractivity contribution in [1.29, 1.82) is 0 Å². The molecule has 3 aromatic rings. The van der Waals surface area contributed by atoms with Crippen LogP contribution in [0.5, 0.6) is 0 Å². The van der Waals surface area contributed by atoms with E-state index in [4.69, 9.17) is 9.26 Å². The first-order valence-corrected chi connectivity index (χ1v) is 8.07. The standard InChI is InChI=1S/C13H11N3O2S2/c1-2-10(19-5-1)13-14-9(7-20-13)12-15-11(16-18-12)8-3-4-17-6-8/h1-2,5,7-8H,3-4,6H2. The number of thiazole rings is 1. The van der Waals surface area contributed by atoms with Gasteiger partial charge in [-0.3, -0.25) is 0 Å². The third-order valence-electron chi connectivity index (χ3n) is 3.19. The van der Waals surface area contributed by atoms with Crippen molar-refractivity contribution in [3.05, 3.63) is 28.7 Å². The van der Waals surface area contributed by atoms with Gasteiger partial charge in [0.2, 0.25) is 0 Å². The third-order valence-corrected chi connectivity index (χ3v) is 5.07. The number of hydrogen-bond acceptors (Lipinski definition) is 7. The molecular weight excluding hydrogens is 294 g/mol. The van der Waals surface area contributed by atoms with Crippen LogP contribution < -0.4 is 0 Å². The zero-order chi connectivity index (χ0) is 13.4. The molecule has 0 amide bonds. The summed E-state index contributed by atoms with van der Waals surface area (Å²) in [6.45, 7) is 1.45. The Bertz CT molecular complexity index is 699. The van der Waals surface area contributed by atoms with Crippen molar-refractivity contribution >= 4 is 22.7 Å². The Balaban J connectivity index is 1.61. The highest BCUT2D eigenvalue weighted by molar-refractivity contribution is 7.20. The predicted molar refractivity (Wildman–Crippen MR) is 76.9 cm³/mol. The Morgan fingerprint density at radius 2 is 2.25 bits per heavy atom. The molecule has 1 atom stereocenters. The van der Waals surface area contributed by atoms with Crippen molar-refractivity contribution in [1.82, 2.24) is 15.1 Å². The van der Waals surface area contributed by atoms with Crippen LogP contribution in [0.2, 0.25) is 0 Å². The molecule has 5 nitrogen and oxygen atoms in total. The zero-order valence-corrected chi connectivity index (χ0v) is 12.1. The maximum absolute atomic E-state index is 5.35. The molecule has 1 fully saturated rings. The van der Waals surface area contributed by atoms with Gasteiger partial charge >= 0.3 is 0 Å². The van der Waals surface area contributed by atoms with Gasteiger partial charge < -0.3 is 9.26 Å². The quantitative estimate of drug-likeness (QED) is 0.742. The van der Waals surface area contributed by atoms with Crippen LogP contribution in [-0.2, 0) is 4.74 Å². The van der Waals surface area contributed by atoms with Crippen molar-refractivity contribution in [2.75, 3.05) is 13.2 Å². The molecule has 0 N–H and O–H groups in total. The summed E-state index contributed by atoms with van der Waals surface area (Å²) in [4.78, 5) is 10.2. The second-order valence-corrected chi connectivity index (χ2v) is 6.34. The van der Waals surface area contributed by atoms with Gasteiger partial charge in [0.25, 0.3) is 5.89 Å². The summed E-state index contributed by atoms with van der Waals surface area (Å²) < 4.78 is 10.7. The summed E-state index contributed by atoms with van der Waals surface area (Å²) in [7, 11) is 0. The van der Waals surface area contributed by atoms with Crippen molar-refractivity contribution in [3.8, 4) is 21.5 Å². The minimum atomic E-state index is 0.253. The van der Waals surface area contributed by atoms with Gasteiger partial charge in [0, 0.05) is 17.9 Å². The van der Waals surface area contributed by atoms with Gasteiger partial charge in [0.1, 0.15) is 10.7 Å². The molecule has 7 heteroatoms. The first-order valence-electron chi connectivity index (χ1n) is 6.31. The third kappa shape index (κ3) is 2.17. The maximum atomic E-state index is 5.35. The van der Waals surface area contributed by atoms with Crippen molar-refractivity contribution in [3.63, 3.8) is 0 Å². The van der Waals surface area contributed by atoms with Crippen LogP contribution in [0.4, 0.5) is 0 Å². The van der Waals surface area contributed by atoms with Crippen LogP contribution in [0.1, 0.15) is 18.2 Å². The summed E-state index contributed by atoms with van der Waals surface area (Å²) in [5.41, 5.74) is 0.746. The molecule has 1 aliphatic heterocycles. The van der Waals surface area contributed by atoms with Gasteiger partial charge in [0.05, 0.1) is 11.5 Å². The van der Waals surface area contributed by atoms with E-state index in [0.717, 1.165) is 34.4 Å². The first kappa shape index (κ1) is 12.2. The van der Waals surface area contributed by atoms with E-state index in [0.29, 0.717) is 12.5 Å². The number of thiophene rings is 1. The molecule has 0 bridgehead atoms. The van der Waals surface area contributed by atoms with E-state index >= 15 is 0 Å². The Morgan fingerprint density at radius 3 is 3.05 bits per heavy atom. The highest BCUT2D eigenvalue weighted by Gasteiger charge is 2.24. The monoisotopic (exact) mass is 305 g/mol. The van der Waals surface area contributed by atoms with Crippen LogP contribution >= 0.6 is 22.7 Å². The molecule has 0 aliphatic carbocycles.